The molecule has 5 heteroatoms. The molecule has 13 heavy (non-hydrogen) atoms. The number of anilines is 1. The van der Waals surface area contributed by atoms with E-state index < -0.39 is 7.12 Å². The van der Waals surface area contributed by atoms with Gasteiger partial charge in [0.05, 0.1) is 0 Å². The molecule has 70 valence electrons. The molecule has 0 unspecified atom stereocenters. The molecule has 1 rings (SSSR count). The number of thioether (sulfide) groups is 1. The summed E-state index contributed by atoms with van der Waals surface area (Å²) in [7, 11) is -1.49. The van der Waals surface area contributed by atoms with Crippen LogP contribution in [0.5, 0.6) is 0 Å². The first-order chi connectivity index (χ1) is 6.16. The lowest BCUT2D eigenvalue weighted by Crippen LogP contribution is -2.32. The highest BCUT2D eigenvalue weighted by atomic mass is 32.2. The van der Waals surface area contributed by atoms with Gasteiger partial charge in [-0.2, -0.15) is 0 Å². The second-order valence-corrected chi connectivity index (χ2v) is 3.87. The molecule has 0 aliphatic rings. The van der Waals surface area contributed by atoms with E-state index in [0.29, 0.717) is 11.2 Å². The van der Waals surface area contributed by atoms with Crippen LogP contribution in [0.1, 0.15) is 6.92 Å². The number of nitrogens with two attached hydrogens (primary N) is 1. The van der Waals surface area contributed by atoms with Gasteiger partial charge in [0.25, 0.3) is 0 Å². The Balaban J connectivity index is 3.03. The van der Waals surface area contributed by atoms with Crippen LogP contribution in [0, 0.1) is 0 Å². The first kappa shape index (κ1) is 10.4. The Morgan fingerprint density at radius 2 is 2.15 bits per heavy atom. The molecule has 0 heterocycles. The van der Waals surface area contributed by atoms with Crippen molar-refractivity contribution in [3.63, 3.8) is 0 Å². The minimum atomic E-state index is -1.49. The van der Waals surface area contributed by atoms with Crippen LogP contribution in [0.4, 0.5) is 5.69 Å². The van der Waals surface area contributed by atoms with Crippen molar-refractivity contribution >= 4 is 30.0 Å². The van der Waals surface area contributed by atoms with Gasteiger partial charge in [-0.1, -0.05) is 19.1 Å². The third-order valence-electron chi connectivity index (χ3n) is 1.68. The summed E-state index contributed by atoms with van der Waals surface area (Å²) >= 11 is 1.59. The summed E-state index contributed by atoms with van der Waals surface area (Å²) in [5.74, 6) is 0.912. The SMILES string of the molecule is CCSc1cccc(B(O)O)c1N. The van der Waals surface area contributed by atoms with Gasteiger partial charge in [0.15, 0.2) is 0 Å². The molecule has 4 N–H and O–H groups in total. The molecule has 1 aromatic carbocycles. The van der Waals surface area contributed by atoms with Gasteiger partial charge >= 0.3 is 7.12 Å². The van der Waals surface area contributed by atoms with Crippen LogP contribution in [-0.2, 0) is 0 Å². The highest BCUT2D eigenvalue weighted by Gasteiger charge is 2.15. The van der Waals surface area contributed by atoms with Crippen molar-refractivity contribution in [2.45, 2.75) is 11.8 Å². The summed E-state index contributed by atoms with van der Waals surface area (Å²) in [6.07, 6.45) is 0. The fraction of sp³-hybridized carbons (Fsp3) is 0.250. The molecule has 0 radical (unpaired) electrons. The molecule has 0 saturated heterocycles. The Morgan fingerprint density at radius 3 is 2.69 bits per heavy atom. The molecule has 0 aliphatic heterocycles. The van der Waals surface area contributed by atoms with E-state index in [0.717, 1.165) is 10.6 Å². The average Bonchev–Trinajstić information content (AvgIpc) is 2.08. The molecule has 0 amide bonds. The minimum Gasteiger partial charge on any atom is -0.423 e. The van der Waals surface area contributed by atoms with Crippen molar-refractivity contribution in [1.82, 2.24) is 0 Å². The van der Waals surface area contributed by atoms with Gasteiger partial charge in [-0.25, -0.2) is 0 Å². The third kappa shape index (κ3) is 2.40. The summed E-state index contributed by atoms with van der Waals surface area (Å²) in [6.45, 7) is 2.02. The number of hydrogen-bond donors (Lipinski definition) is 3. The van der Waals surface area contributed by atoms with Crippen LogP contribution in [0.2, 0.25) is 0 Å². The molecule has 0 bridgehead atoms. The fourth-order valence-corrected chi connectivity index (χ4v) is 1.83. The number of para-hydroxylation sites is 1. The quantitative estimate of drug-likeness (QED) is 0.364. The van der Waals surface area contributed by atoms with E-state index in [1.54, 1.807) is 23.9 Å². The summed E-state index contributed by atoms with van der Waals surface area (Å²) in [6, 6.07) is 5.25. The lowest BCUT2D eigenvalue weighted by molar-refractivity contribution is 0.426. The molecule has 0 aliphatic carbocycles. The highest BCUT2D eigenvalue weighted by Crippen LogP contribution is 2.22. The fourth-order valence-electron chi connectivity index (χ4n) is 1.07. The molecule has 1 aromatic rings. The zero-order valence-corrected chi connectivity index (χ0v) is 8.21. The maximum absolute atomic E-state index is 8.96. The van der Waals surface area contributed by atoms with Gasteiger partial charge < -0.3 is 15.8 Å². The Kier molecular flexibility index (Phi) is 3.65. The molecule has 0 aromatic heterocycles. The number of rotatable bonds is 3. The Labute approximate surface area is 82.1 Å². The summed E-state index contributed by atoms with van der Waals surface area (Å²) in [5.41, 5.74) is 6.57. The number of benzene rings is 1. The first-order valence-corrected chi connectivity index (χ1v) is 5.02. The molecule has 0 saturated carbocycles. The third-order valence-corrected chi connectivity index (χ3v) is 2.63. The highest BCUT2D eigenvalue weighted by molar-refractivity contribution is 7.99. The second-order valence-electron chi connectivity index (χ2n) is 2.57. The smallest absolute Gasteiger partial charge is 0.423 e. The van der Waals surface area contributed by atoms with Crippen molar-refractivity contribution in [2.24, 2.45) is 0 Å². The van der Waals surface area contributed by atoms with Crippen LogP contribution < -0.4 is 11.2 Å². The number of nitrogen functional groups attached to an aromatic ring is 1. The zero-order valence-electron chi connectivity index (χ0n) is 7.40. The topological polar surface area (TPSA) is 66.5 Å². The maximum atomic E-state index is 8.96. The van der Waals surface area contributed by atoms with Gasteiger partial charge in [-0.3, -0.25) is 0 Å². The van der Waals surface area contributed by atoms with E-state index in [4.69, 9.17) is 15.8 Å². The summed E-state index contributed by atoms with van der Waals surface area (Å²) in [4.78, 5) is 0.896. The molecule has 3 nitrogen and oxygen atoms in total. The summed E-state index contributed by atoms with van der Waals surface area (Å²) in [5, 5.41) is 17.9. The molecule has 0 fully saturated rings. The van der Waals surface area contributed by atoms with E-state index in [1.807, 2.05) is 13.0 Å². The normalized spacial score (nSPS) is 10.1. The van der Waals surface area contributed by atoms with Crippen molar-refractivity contribution in [3.8, 4) is 0 Å². The summed E-state index contributed by atoms with van der Waals surface area (Å²) < 4.78 is 0. The average molecular weight is 197 g/mol. The van der Waals surface area contributed by atoms with E-state index in [2.05, 4.69) is 0 Å². The standard InChI is InChI=1S/C8H12BNO2S/c1-2-13-7-5-3-4-6(8(7)10)9(11)12/h3-5,11-12H,2,10H2,1H3. The number of hydrogen-bond acceptors (Lipinski definition) is 4. The molecule has 0 atom stereocenters. The van der Waals surface area contributed by atoms with E-state index in [9.17, 15) is 0 Å². The van der Waals surface area contributed by atoms with Gasteiger partial charge in [0, 0.05) is 16.0 Å². The monoisotopic (exact) mass is 197 g/mol. The maximum Gasteiger partial charge on any atom is 0.490 e. The van der Waals surface area contributed by atoms with Crippen molar-refractivity contribution in [3.05, 3.63) is 18.2 Å². The van der Waals surface area contributed by atoms with Gasteiger partial charge in [0.2, 0.25) is 0 Å². The predicted octanol–water partition coefficient (Wildman–Crippen LogP) is 0.0606. The van der Waals surface area contributed by atoms with Crippen LogP contribution in [0.15, 0.2) is 23.1 Å². The van der Waals surface area contributed by atoms with E-state index >= 15 is 0 Å². The molecular formula is C8H12BNO2S. The second kappa shape index (κ2) is 4.55. The van der Waals surface area contributed by atoms with Gasteiger partial charge in [-0.05, 0) is 11.8 Å². The zero-order chi connectivity index (χ0) is 9.84. The lowest BCUT2D eigenvalue weighted by Gasteiger charge is -2.08. The molecular weight excluding hydrogens is 185 g/mol. The van der Waals surface area contributed by atoms with Gasteiger partial charge in [0.1, 0.15) is 0 Å². The van der Waals surface area contributed by atoms with Crippen molar-refractivity contribution < 1.29 is 10.0 Å². The van der Waals surface area contributed by atoms with E-state index in [-0.39, 0.29) is 0 Å². The Hall–Kier alpha value is -0.645. The largest absolute Gasteiger partial charge is 0.490 e. The van der Waals surface area contributed by atoms with Crippen LogP contribution >= 0.6 is 11.8 Å². The van der Waals surface area contributed by atoms with Crippen molar-refractivity contribution in [2.75, 3.05) is 11.5 Å². The van der Waals surface area contributed by atoms with Gasteiger partial charge in [-0.15, -0.1) is 11.8 Å². The van der Waals surface area contributed by atoms with Crippen LogP contribution in [-0.4, -0.2) is 22.9 Å². The lowest BCUT2D eigenvalue weighted by atomic mass is 9.79. The minimum absolute atomic E-state index is 0.374. The van der Waals surface area contributed by atoms with Crippen molar-refractivity contribution in [1.29, 1.82) is 0 Å². The first-order valence-electron chi connectivity index (χ1n) is 4.04. The molecule has 0 spiro atoms. The van der Waals surface area contributed by atoms with Crippen LogP contribution in [0.3, 0.4) is 0 Å². The predicted molar refractivity (Wildman–Crippen MR) is 57.1 cm³/mol. The van der Waals surface area contributed by atoms with Crippen LogP contribution in [0.25, 0.3) is 0 Å². The Morgan fingerprint density at radius 1 is 1.46 bits per heavy atom. The van der Waals surface area contributed by atoms with E-state index in [1.165, 1.54) is 0 Å². The Bertz CT molecular complexity index is 293.